The van der Waals surface area contributed by atoms with E-state index in [0.717, 1.165) is 0 Å². The average molecular weight is 388 g/mol. The smallest absolute Gasteiger partial charge is 0.336 e. The van der Waals surface area contributed by atoms with Gasteiger partial charge in [0.05, 0.1) is 24.2 Å². The maximum Gasteiger partial charge on any atom is 0.336 e. The number of benzene rings is 1. The van der Waals surface area contributed by atoms with Crippen molar-refractivity contribution in [3.8, 4) is 0 Å². The predicted octanol–water partition coefficient (Wildman–Crippen LogP) is 3.42. The molecule has 1 aliphatic rings. The molecule has 1 heterocycles. The molecule has 150 valence electrons. The number of hydrogen-bond donors (Lipinski definition) is 0. The van der Waals surface area contributed by atoms with Crippen LogP contribution >= 0.6 is 0 Å². The van der Waals surface area contributed by atoms with Crippen molar-refractivity contribution in [2.24, 2.45) is 16.8 Å². The van der Waals surface area contributed by atoms with Gasteiger partial charge in [-0.15, -0.1) is 0 Å². The van der Waals surface area contributed by atoms with Crippen LogP contribution < -0.4 is 0 Å². The molecular weight excluding hydrogens is 364 g/mol. The third-order valence-corrected chi connectivity index (χ3v) is 4.49. The van der Waals surface area contributed by atoms with E-state index in [9.17, 15) is 19.7 Å². The Hall–Kier alpha value is -3.03. The van der Waals surface area contributed by atoms with E-state index in [0.29, 0.717) is 17.0 Å². The minimum Gasteiger partial charge on any atom is -0.468 e. The first-order valence-corrected chi connectivity index (χ1v) is 8.92. The Bertz CT molecular complexity index is 856. The second-order valence-corrected chi connectivity index (χ2v) is 7.08. The van der Waals surface area contributed by atoms with Crippen molar-refractivity contribution >= 4 is 23.3 Å². The van der Waals surface area contributed by atoms with Crippen molar-refractivity contribution in [2.45, 2.75) is 33.6 Å². The first-order valence-electron chi connectivity index (χ1n) is 8.92. The van der Waals surface area contributed by atoms with Gasteiger partial charge in [-0.1, -0.05) is 26.0 Å². The molecule has 0 aromatic heterocycles. The Labute approximate surface area is 163 Å². The molecule has 1 aromatic carbocycles. The van der Waals surface area contributed by atoms with Gasteiger partial charge in [0.1, 0.15) is 5.92 Å². The molecule has 1 aliphatic heterocycles. The summed E-state index contributed by atoms with van der Waals surface area (Å²) in [5, 5.41) is 11.2. The van der Waals surface area contributed by atoms with E-state index in [1.807, 2.05) is 13.8 Å². The van der Waals surface area contributed by atoms with E-state index in [2.05, 4.69) is 4.99 Å². The molecule has 8 nitrogen and oxygen atoms in total. The fourth-order valence-electron chi connectivity index (χ4n) is 3.25. The molecule has 0 saturated heterocycles. The molecular formula is C20H24N2O6. The molecule has 0 fully saturated rings. The van der Waals surface area contributed by atoms with Crippen LogP contribution in [0, 0.1) is 22.0 Å². The largest absolute Gasteiger partial charge is 0.468 e. The highest BCUT2D eigenvalue weighted by atomic mass is 16.6. The van der Waals surface area contributed by atoms with Gasteiger partial charge in [0.2, 0.25) is 0 Å². The number of methoxy groups -OCH3 is 1. The average Bonchev–Trinajstić information content (AvgIpc) is 2.65. The van der Waals surface area contributed by atoms with Gasteiger partial charge >= 0.3 is 11.9 Å². The highest BCUT2D eigenvalue weighted by Crippen LogP contribution is 2.40. The van der Waals surface area contributed by atoms with Crippen LogP contribution in [0.15, 0.2) is 40.5 Å². The Morgan fingerprint density at radius 1 is 1.29 bits per heavy atom. The van der Waals surface area contributed by atoms with Crippen LogP contribution in [0.25, 0.3) is 0 Å². The fraction of sp³-hybridized carbons (Fsp3) is 0.450. The molecule has 0 saturated carbocycles. The van der Waals surface area contributed by atoms with Gasteiger partial charge in [0.15, 0.2) is 0 Å². The molecule has 0 radical (unpaired) electrons. The molecule has 0 spiro atoms. The summed E-state index contributed by atoms with van der Waals surface area (Å²) in [5.41, 5.74) is 1.43. The van der Waals surface area contributed by atoms with Crippen LogP contribution in [0.5, 0.6) is 0 Å². The maximum absolute atomic E-state index is 12.8. The molecule has 0 N–H and O–H groups in total. The summed E-state index contributed by atoms with van der Waals surface area (Å²) < 4.78 is 10.3. The molecule has 2 rings (SSSR count). The summed E-state index contributed by atoms with van der Waals surface area (Å²) in [7, 11) is 1.25. The van der Waals surface area contributed by atoms with E-state index in [4.69, 9.17) is 9.47 Å². The fourth-order valence-corrected chi connectivity index (χ4v) is 3.25. The maximum atomic E-state index is 12.8. The quantitative estimate of drug-likeness (QED) is 0.420. The molecule has 0 amide bonds. The Kier molecular flexibility index (Phi) is 6.66. The molecule has 2 unspecified atom stereocenters. The first-order chi connectivity index (χ1) is 13.2. The topological polar surface area (TPSA) is 108 Å². The van der Waals surface area contributed by atoms with Crippen molar-refractivity contribution in [3.05, 3.63) is 51.2 Å². The number of nitro benzene ring substituents is 1. The van der Waals surface area contributed by atoms with Crippen LogP contribution in [0.1, 0.15) is 39.2 Å². The number of aliphatic imine (C=N–C) groups is 1. The van der Waals surface area contributed by atoms with Gasteiger partial charge < -0.3 is 9.47 Å². The Morgan fingerprint density at radius 2 is 1.96 bits per heavy atom. The van der Waals surface area contributed by atoms with E-state index in [1.165, 1.54) is 25.3 Å². The number of carbonyl (C=O) groups excluding carboxylic acids is 2. The van der Waals surface area contributed by atoms with Crippen LogP contribution in [0.2, 0.25) is 0 Å². The van der Waals surface area contributed by atoms with E-state index in [-0.39, 0.29) is 23.8 Å². The number of nitro groups is 1. The van der Waals surface area contributed by atoms with Crippen molar-refractivity contribution in [1.29, 1.82) is 0 Å². The molecule has 0 aliphatic carbocycles. The number of esters is 2. The van der Waals surface area contributed by atoms with E-state index in [1.54, 1.807) is 19.9 Å². The number of allylic oxidation sites excluding steroid dienone is 1. The second-order valence-electron chi connectivity index (χ2n) is 7.08. The monoisotopic (exact) mass is 388 g/mol. The van der Waals surface area contributed by atoms with Crippen molar-refractivity contribution < 1.29 is 24.0 Å². The lowest BCUT2D eigenvalue weighted by Crippen LogP contribution is -2.36. The molecule has 28 heavy (non-hydrogen) atoms. The summed E-state index contributed by atoms with van der Waals surface area (Å²) in [6, 6.07) is 5.89. The third kappa shape index (κ3) is 4.44. The minimum absolute atomic E-state index is 0.131. The van der Waals surface area contributed by atoms with Crippen molar-refractivity contribution in [3.63, 3.8) is 0 Å². The summed E-state index contributed by atoms with van der Waals surface area (Å²) in [6.45, 7) is 7.36. The highest BCUT2D eigenvalue weighted by Gasteiger charge is 2.42. The lowest BCUT2D eigenvalue weighted by molar-refractivity contribution is -0.384. The summed E-state index contributed by atoms with van der Waals surface area (Å²) >= 11 is 0. The van der Waals surface area contributed by atoms with Crippen LogP contribution in [0.3, 0.4) is 0 Å². The lowest BCUT2D eigenvalue weighted by Gasteiger charge is -2.31. The first kappa shape index (κ1) is 21.3. The third-order valence-electron chi connectivity index (χ3n) is 4.49. The number of ether oxygens (including phenoxy) is 2. The summed E-state index contributed by atoms with van der Waals surface area (Å²) in [6.07, 6.45) is 0. The van der Waals surface area contributed by atoms with Gasteiger partial charge in [-0.2, -0.15) is 0 Å². The summed E-state index contributed by atoms with van der Waals surface area (Å²) in [4.78, 5) is 40.4. The van der Waals surface area contributed by atoms with Crippen LogP contribution in [0.4, 0.5) is 5.69 Å². The highest BCUT2D eigenvalue weighted by molar-refractivity contribution is 6.07. The van der Waals surface area contributed by atoms with Crippen molar-refractivity contribution in [1.82, 2.24) is 0 Å². The number of hydrogen-bond acceptors (Lipinski definition) is 7. The molecule has 0 bridgehead atoms. The molecule has 8 heteroatoms. The zero-order chi connectivity index (χ0) is 21.0. The van der Waals surface area contributed by atoms with Gasteiger partial charge in [-0.05, 0) is 25.3 Å². The molecule has 1 aromatic rings. The number of rotatable bonds is 6. The van der Waals surface area contributed by atoms with Gasteiger partial charge in [0, 0.05) is 29.5 Å². The SMILES string of the molecule is COC(=O)C1C(C)=NC(C)=C(C(=O)OCC(C)C)C1c1cccc([N+](=O)[O-])c1. The second kappa shape index (κ2) is 8.77. The Balaban J connectivity index is 2.62. The predicted molar refractivity (Wildman–Crippen MR) is 103 cm³/mol. The van der Waals surface area contributed by atoms with Crippen LogP contribution in [-0.4, -0.2) is 36.3 Å². The van der Waals surface area contributed by atoms with Gasteiger partial charge in [-0.25, -0.2) is 4.79 Å². The normalized spacial score (nSPS) is 19.3. The van der Waals surface area contributed by atoms with E-state index < -0.39 is 28.7 Å². The van der Waals surface area contributed by atoms with Crippen molar-refractivity contribution in [2.75, 3.05) is 13.7 Å². The Morgan fingerprint density at radius 3 is 2.54 bits per heavy atom. The number of nitrogens with zero attached hydrogens (tertiary/aromatic N) is 2. The zero-order valence-electron chi connectivity index (χ0n) is 16.6. The minimum atomic E-state index is -0.877. The van der Waals surface area contributed by atoms with E-state index >= 15 is 0 Å². The zero-order valence-corrected chi connectivity index (χ0v) is 16.6. The number of non-ortho nitro benzene ring substituents is 1. The van der Waals surface area contributed by atoms with Crippen LogP contribution in [-0.2, 0) is 19.1 Å². The molecule has 2 atom stereocenters. The standard InChI is InChI=1S/C20H24N2O6/c1-11(2)10-28-20(24)17-13(4)21-12(3)16(19(23)27-5)18(17)14-7-6-8-15(9-14)22(25)26/h6-9,11,16,18H,10H2,1-5H3. The van der Waals surface area contributed by atoms with Gasteiger partial charge in [-0.3, -0.25) is 19.9 Å². The number of carbonyl (C=O) groups is 2. The lowest BCUT2D eigenvalue weighted by atomic mass is 9.75. The van der Waals surface area contributed by atoms with Gasteiger partial charge in [0.25, 0.3) is 5.69 Å². The summed E-state index contributed by atoms with van der Waals surface area (Å²) in [5.74, 6) is -2.69.